The Hall–Kier alpha value is -0.950. The Morgan fingerprint density at radius 1 is 0.511 bits per heavy atom. The lowest BCUT2D eigenvalue weighted by Crippen LogP contribution is -2.53. The number of carbonyl (C=O) groups excluding carboxylic acids is 1. The molecule has 0 aliphatic carbocycles. The molecule has 1 amide bonds. The van der Waals surface area contributed by atoms with Gasteiger partial charge >= 0.3 is 0 Å². The lowest BCUT2D eigenvalue weighted by atomic mass is 9.99. The number of allylic oxidation sites excluding steroid dienone is 2. The molecule has 280 valence electrons. The van der Waals surface area contributed by atoms with E-state index in [0.717, 1.165) is 44.9 Å². The van der Waals surface area contributed by atoms with Gasteiger partial charge in [-0.1, -0.05) is 187 Å². The van der Waals surface area contributed by atoms with Gasteiger partial charge in [-0.2, -0.15) is 0 Å². The van der Waals surface area contributed by atoms with Crippen LogP contribution in [0.2, 0.25) is 0 Å². The molecule has 4 atom stereocenters. The molecule has 0 rings (SSSR count). The Balaban J connectivity index is 3.75. The van der Waals surface area contributed by atoms with E-state index in [1.54, 1.807) is 0 Å². The van der Waals surface area contributed by atoms with E-state index in [-0.39, 0.29) is 0 Å². The van der Waals surface area contributed by atoms with E-state index in [1.165, 1.54) is 141 Å². The van der Waals surface area contributed by atoms with Gasteiger partial charge in [-0.15, -0.1) is 0 Å². The van der Waals surface area contributed by atoms with Crippen LogP contribution in [0.15, 0.2) is 12.2 Å². The monoisotopic (exact) mass is 668 g/mol. The van der Waals surface area contributed by atoms with E-state index in [0.29, 0.717) is 12.8 Å². The standard InChI is InChI=1S/C41H81NO5/c1-3-5-7-9-11-13-15-17-18-19-20-21-22-23-25-26-28-30-32-34-38(44)40(46)37(36-43)42-41(47)39(45)35-33-31-29-27-24-16-14-12-10-8-6-4-2/h24,27,37-40,43-46H,3-23,25-26,28-36H2,1-2H3,(H,42,47)/b27-24-. The van der Waals surface area contributed by atoms with E-state index >= 15 is 0 Å². The summed E-state index contributed by atoms with van der Waals surface area (Å²) in [5.74, 6) is -0.600. The number of rotatable bonds is 37. The molecule has 47 heavy (non-hydrogen) atoms. The predicted octanol–water partition coefficient (Wildman–Crippen LogP) is 10.2. The molecule has 6 nitrogen and oxygen atoms in total. The molecule has 0 saturated heterocycles. The van der Waals surface area contributed by atoms with Crippen LogP contribution in [0.1, 0.15) is 213 Å². The van der Waals surface area contributed by atoms with E-state index < -0.39 is 36.9 Å². The highest BCUT2D eigenvalue weighted by Gasteiger charge is 2.28. The minimum absolute atomic E-state index is 0.341. The molecule has 0 saturated carbocycles. The Kier molecular flexibility index (Phi) is 35.6. The van der Waals surface area contributed by atoms with Crippen LogP contribution < -0.4 is 5.32 Å². The first-order valence-corrected chi connectivity index (χ1v) is 20.6. The molecule has 0 aromatic rings. The summed E-state index contributed by atoms with van der Waals surface area (Å²) in [7, 11) is 0. The summed E-state index contributed by atoms with van der Waals surface area (Å²) >= 11 is 0. The van der Waals surface area contributed by atoms with Gasteiger partial charge in [0.15, 0.2) is 0 Å². The van der Waals surface area contributed by atoms with E-state index in [9.17, 15) is 25.2 Å². The molecule has 0 aliphatic heterocycles. The molecule has 0 heterocycles. The highest BCUT2D eigenvalue weighted by Crippen LogP contribution is 2.16. The van der Waals surface area contributed by atoms with Crippen LogP contribution in [0.4, 0.5) is 0 Å². The molecule has 0 radical (unpaired) electrons. The molecule has 4 unspecified atom stereocenters. The summed E-state index contributed by atoms with van der Waals surface area (Å²) in [6.07, 6.45) is 38.1. The smallest absolute Gasteiger partial charge is 0.249 e. The lowest BCUT2D eigenvalue weighted by Gasteiger charge is -2.27. The zero-order valence-corrected chi connectivity index (χ0v) is 31.3. The zero-order chi connectivity index (χ0) is 34.6. The summed E-state index contributed by atoms with van der Waals surface area (Å²) in [5, 5.41) is 43.5. The third kappa shape index (κ3) is 30.8. The van der Waals surface area contributed by atoms with Crippen LogP contribution in [0.25, 0.3) is 0 Å². The SMILES string of the molecule is CCCCCCCC/C=C\CCCCC(O)C(=O)NC(CO)C(O)C(O)CCCCCCCCCCCCCCCCCCCCC. The van der Waals surface area contributed by atoms with Crippen LogP contribution in [0.5, 0.6) is 0 Å². The van der Waals surface area contributed by atoms with Crippen molar-refractivity contribution >= 4 is 5.91 Å². The molecule has 0 aromatic heterocycles. The average molecular weight is 668 g/mol. The maximum atomic E-state index is 12.4. The number of carbonyl (C=O) groups is 1. The van der Waals surface area contributed by atoms with Crippen LogP contribution in [-0.2, 0) is 4.79 Å². The number of unbranched alkanes of at least 4 members (excludes halogenated alkanes) is 26. The minimum atomic E-state index is -1.26. The number of hydrogen-bond acceptors (Lipinski definition) is 5. The molecule has 0 aromatic carbocycles. The van der Waals surface area contributed by atoms with Crippen molar-refractivity contribution in [2.24, 2.45) is 0 Å². The van der Waals surface area contributed by atoms with Crippen molar-refractivity contribution in [3.05, 3.63) is 12.2 Å². The molecule has 6 heteroatoms. The van der Waals surface area contributed by atoms with Crippen molar-refractivity contribution in [1.29, 1.82) is 0 Å². The summed E-state index contributed by atoms with van der Waals surface area (Å²) in [6, 6.07) is -0.989. The highest BCUT2D eigenvalue weighted by atomic mass is 16.3. The van der Waals surface area contributed by atoms with Gasteiger partial charge in [0.05, 0.1) is 18.8 Å². The number of amides is 1. The van der Waals surface area contributed by atoms with Crippen LogP contribution in [0, 0.1) is 0 Å². The molecular weight excluding hydrogens is 586 g/mol. The first-order chi connectivity index (χ1) is 23.0. The fourth-order valence-corrected chi connectivity index (χ4v) is 6.40. The predicted molar refractivity (Wildman–Crippen MR) is 201 cm³/mol. The summed E-state index contributed by atoms with van der Waals surface area (Å²) in [6.45, 7) is 4.03. The van der Waals surface area contributed by atoms with Gasteiger partial charge in [0.25, 0.3) is 0 Å². The highest BCUT2D eigenvalue weighted by molar-refractivity contribution is 5.80. The molecule has 0 spiro atoms. The van der Waals surface area contributed by atoms with Gasteiger partial charge in [0, 0.05) is 0 Å². The van der Waals surface area contributed by atoms with Gasteiger partial charge in [0.2, 0.25) is 5.91 Å². The first-order valence-electron chi connectivity index (χ1n) is 20.6. The third-order valence-corrected chi connectivity index (χ3v) is 9.73. The Morgan fingerprint density at radius 3 is 1.26 bits per heavy atom. The normalized spacial score (nSPS) is 14.4. The Labute approximate surface area is 292 Å². The number of nitrogens with one attached hydrogen (secondary N) is 1. The largest absolute Gasteiger partial charge is 0.394 e. The Morgan fingerprint density at radius 2 is 0.851 bits per heavy atom. The second-order valence-corrected chi connectivity index (χ2v) is 14.3. The van der Waals surface area contributed by atoms with Gasteiger partial charge in [0.1, 0.15) is 12.2 Å². The second-order valence-electron chi connectivity index (χ2n) is 14.3. The molecule has 0 aliphatic rings. The number of hydrogen-bond donors (Lipinski definition) is 5. The topological polar surface area (TPSA) is 110 Å². The van der Waals surface area contributed by atoms with Crippen molar-refractivity contribution in [2.75, 3.05) is 6.61 Å². The maximum Gasteiger partial charge on any atom is 0.249 e. The maximum absolute atomic E-state index is 12.4. The molecule has 5 N–H and O–H groups in total. The van der Waals surface area contributed by atoms with Crippen molar-refractivity contribution in [1.82, 2.24) is 5.32 Å². The molecule has 0 fully saturated rings. The summed E-state index contributed by atoms with van der Waals surface area (Å²) in [5.41, 5.74) is 0. The van der Waals surface area contributed by atoms with Crippen LogP contribution in [-0.4, -0.2) is 57.3 Å². The Bertz CT molecular complexity index is 672. The van der Waals surface area contributed by atoms with Crippen molar-refractivity contribution < 1.29 is 25.2 Å². The molecular formula is C41H81NO5. The fraction of sp³-hybridized carbons (Fsp3) is 0.927. The van der Waals surface area contributed by atoms with Crippen molar-refractivity contribution in [2.45, 2.75) is 237 Å². The van der Waals surface area contributed by atoms with E-state index in [2.05, 4.69) is 31.3 Å². The van der Waals surface area contributed by atoms with Crippen molar-refractivity contribution in [3.63, 3.8) is 0 Å². The molecule has 0 bridgehead atoms. The summed E-state index contributed by atoms with van der Waals surface area (Å²) < 4.78 is 0. The lowest BCUT2D eigenvalue weighted by molar-refractivity contribution is -0.132. The van der Waals surface area contributed by atoms with E-state index in [4.69, 9.17) is 0 Å². The van der Waals surface area contributed by atoms with Gasteiger partial charge in [-0.3, -0.25) is 4.79 Å². The van der Waals surface area contributed by atoms with Gasteiger partial charge < -0.3 is 25.7 Å². The zero-order valence-electron chi connectivity index (χ0n) is 31.3. The average Bonchev–Trinajstić information content (AvgIpc) is 3.07. The number of aliphatic hydroxyl groups excluding tert-OH is 4. The van der Waals surface area contributed by atoms with Crippen molar-refractivity contribution in [3.8, 4) is 0 Å². The third-order valence-electron chi connectivity index (χ3n) is 9.73. The minimum Gasteiger partial charge on any atom is -0.394 e. The van der Waals surface area contributed by atoms with Crippen LogP contribution in [0.3, 0.4) is 0 Å². The van der Waals surface area contributed by atoms with Gasteiger partial charge in [-0.05, 0) is 38.5 Å². The number of aliphatic hydroxyl groups is 4. The van der Waals surface area contributed by atoms with E-state index in [1.807, 2.05) is 0 Å². The fourth-order valence-electron chi connectivity index (χ4n) is 6.40. The first kappa shape index (κ1) is 46.0. The summed E-state index contributed by atoms with van der Waals surface area (Å²) in [4.78, 5) is 12.4. The van der Waals surface area contributed by atoms with Gasteiger partial charge in [-0.25, -0.2) is 0 Å². The van der Waals surface area contributed by atoms with Crippen LogP contribution >= 0.6 is 0 Å². The second kappa shape index (κ2) is 36.3. The quantitative estimate of drug-likeness (QED) is 0.0335.